The lowest BCUT2D eigenvalue weighted by Gasteiger charge is -2.36. The van der Waals surface area contributed by atoms with Crippen LogP contribution in [-0.2, 0) is 9.59 Å². The smallest absolute Gasteiger partial charge is 0.325 e. The van der Waals surface area contributed by atoms with Crippen LogP contribution < -0.4 is 9.47 Å². The van der Waals surface area contributed by atoms with Crippen molar-refractivity contribution < 1.29 is 24.2 Å². The molecule has 3 heterocycles. The summed E-state index contributed by atoms with van der Waals surface area (Å²) in [4.78, 5) is 28.4. The van der Waals surface area contributed by atoms with Crippen LogP contribution in [0.15, 0.2) is 18.2 Å². The van der Waals surface area contributed by atoms with E-state index >= 15 is 0 Å². The molecular weight excluding hydrogens is 336 g/mol. The van der Waals surface area contributed by atoms with Crippen LogP contribution in [0.2, 0.25) is 0 Å². The van der Waals surface area contributed by atoms with Crippen molar-refractivity contribution in [2.24, 2.45) is 5.92 Å². The molecule has 3 aliphatic rings. The zero-order valence-corrected chi connectivity index (χ0v) is 14.7. The topological polar surface area (TPSA) is 79.3 Å². The third-order valence-electron chi connectivity index (χ3n) is 5.61. The number of hydrogen-bond donors (Lipinski definition) is 1. The molecule has 0 saturated carbocycles. The number of carboxylic acid groups (broad SMARTS) is 1. The van der Waals surface area contributed by atoms with E-state index in [-0.39, 0.29) is 18.6 Å². The second-order valence-corrected chi connectivity index (χ2v) is 7.20. The number of hydrogen-bond acceptors (Lipinski definition) is 5. The van der Waals surface area contributed by atoms with Crippen LogP contribution in [0.25, 0.3) is 0 Å². The van der Waals surface area contributed by atoms with Gasteiger partial charge >= 0.3 is 5.97 Å². The van der Waals surface area contributed by atoms with Crippen molar-refractivity contribution in [1.82, 2.24) is 9.80 Å². The summed E-state index contributed by atoms with van der Waals surface area (Å²) < 4.78 is 10.7. The first-order valence-corrected chi connectivity index (χ1v) is 9.28. The zero-order valence-electron chi connectivity index (χ0n) is 14.7. The molecule has 1 aromatic rings. The normalized spacial score (nSPS) is 21.8. The Balaban J connectivity index is 1.44. The van der Waals surface area contributed by atoms with Crippen LogP contribution in [-0.4, -0.2) is 59.8 Å². The molecule has 1 atom stereocenters. The first kappa shape index (κ1) is 17.1. The van der Waals surface area contributed by atoms with Gasteiger partial charge in [-0.15, -0.1) is 0 Å². The molecule has 7 nitrogen and oxygen atoms in total. The van der Waals surface area contributed by atoms with Gasteiger partial charge in [-0.05, 0) is 43.4 Å². The minimum absolute atomic E-state index is 0.0237. The number of rotatable bonds is 4. The first-order valence-electron chi connectivity index (χ1n) is 9.28. The summed E-state index contributed by atoms with van der Waals surface area (Å²) in [5, 5.41) is 9.79. The maximum absolute atomic E-state index is 12.6. The Labute approximate surface area is 152 Å². The van der Waals surface area contributed by atoms with Crippen molar-refractivity contribution in [3.63, 3.8) is 0 Å². The summed E-state index contributed by atoms with van der Waals surface area (Å²) in [6, 6.07) is 4.57. The second kappa shape index (κ2) is 7.15. The molecule has 140 valence electrons. The number of likely N-dealkylation sites (tertiary alicyclic amines) is 2. The average Bonchev–Trinajstić information content (AvgIpc) is 3.33. The van der Waals surface area contributed by atoms with Crippen LogP contribution in [0, 0.1) is 5.92 Å². The van der Waals surface area contributed by atoms with Crippen LogP contribution in [0.1, 0.15) is 37.3 Å². The SMILES string of the molecule is O=C(O)[C@H](c1ccc2c(c1)OCO2)N1CCC(C(=O)N2CCCC2)CC1. The largest absolute Gasteiger partial charge is 0.480 e. The maximum Gasteiger partial charge on any atom is 0.325 e. The Hall–Kier alpha value is -2.28. The molecule has 0 radical (unpaired) electrons. The molecule has 26 heavy (non-hydrogen) atoms. The van der Waals surface area contributed by atoms with Crippen molar-refractivity contribution in [2.45, 2.75) is 31.7 Å². The summed E-state index contributed by atoms with van der Waals surface area (Å²) in [5.41, 5.74) is 0.686. The average molecular weight is 360 g/mol. The third-order valence-corrected chi connectivity index (χ3v) is 5.61. The highest BCUT2D eigenvalue weighted by Gasteiger charge is 2.35. The van der Waals surface area contributed by atoms with Crippen LogP contribution in [0.5, 0.6) is 11.5 Å². The summed E-state index contributed by atoms with van der Waals surface area (Å²) in [5.74, 6) is 0.626. The molecule has 1 amide bonds. The van der Waals surface area contributed by atoms with Crippen molar-refractivity contribution in [3.8, 4) is 11.5 Å². The van der Waals surface area contributed by atoms with Gasteiger partial charge in [0.1, 0.15) is 6.04 Å². The van der Waals surface area contributed by atoms with Crippen LogP contribution in [0.4, 0.5) is 0 Å². The summed E-state index contributed by atoms with van der Waals surface area (Å²) >= 11 is 0. The number of ether oxygens (including phenoxy) is 2. The second-order valence-electron chi connectivity index (χ2n) is 7.20. The van der Waals surface area contributed by atoms with Crippen molar-refractivity contribution in [1.29, 1.82) is 0 Å². The van der Waals surface area contributed by atoms with Gasteiger partial charge in [-0.3, -0.25) is 14.5 Å². The van der Waals surface area contributed by atoms with E-state index in [2.05, 4.69) is 0 Å². The highest BCUT2D eigenvalue weighted by atomic mass is 16.7. The molecule has 4 rings (SSSR count). The van der Waals surface area contributed by atoms with Gasteiger partial charge in [0.15, 0.2) is 11.5 Å². The highest BCUT2D eigenvalue weighted by Crippen LogP contribution is 2.36. The molecule has 2 saturated heterocycles. The highest BCUT2D eigenvalue weighted by molar-refractivity contribution is 5.79. The quantitative estimate of drug-likeness (QED) is 0.883. The zero-order chi connectivity index (χ0) is 18.1. The maximum atomic E-state index is 12.6. The number of amides is 1. The lowest BCUT2D eigenvalue weighted by molar-refractivity contribution is -0.144. The van der Waals surface area contributed by atoms with Gasteiger partial charge in [0.2, 0.25) is 12.7 Å². The lowest BCUT2D eigenvalue weighted by atomic mass is 9.93. The molecule has 1 N–H and O–H groups in total. The fourth-order valence-electron chi connectivity index (χ4n) is 4.19. The van der Waals surface area contributed by atoms with E-state index in [1.807, 2.05) is 9.80 Å². The summed E-state index contributed by atoms with van der Waals surface area (Å²) in [6.45, 7) is 3.12. The number of fused-ring (bicyclic) bond motifs is 1. The van der Waals surface area contributed by atoms with Crippen LogP contribution >= 0.6 is 0 Å². The molecule has 1 aromatic carbocycles. The predicted octanol–water partition coefficient (Wildman–Crippen LogP) is 1.88. The lowest BCUT2D eigenvalue weighted by Crippen LogP contribution is -2.44. The van der Waals surface area contributed by atoms with E-state index in [1.165, 1.54) is 0 Å². The molecule has 0 spiro atoms. The predicted molar refractivity (Wildman–Crippen MR) is 93.1 cm³/mol. The van der Waals surface area contributed by atoms with E-state index in [4.69, 9.17) is 9.47 Å². The van der Waals surface area contributed by atoms with Crippen LogP contribution in [0.3, 0.4) is 0 Å². The Bertz CT molecular complexity index is 693. The molecule has 3 aliphatic heterocycles. The van der Waals surface area contributed by atoms with Gasteiger partial charge in [0, 0.05) is 32.1 Å². The number of carbonyl (C=O) groups excluding carboxylic acids is 1. The molecule has 0 bridgehead atoms. The summed E-state index contributed by atoms with van der Waals surface area (Å²) in [7, 11) is 0. The first-order chi connectivity index (χ1) is 12.6. The molecule has 0 aromatic heterocycles. The van der Waals surface area contributed by atoms with E-state index < -0.39 is 12.0 Å². The van der Waals surface area contributed by atoms with Crippen molar-refractivity contribution in [2.75, 3.05) is 33.0 Å². The minimum atomic E-state index is -0.881. The van der Waals surface area contributed by atoms with Gasteiger partial charge in [-0.1, -0.05) is 6.07 Å². The number of nitrogens with zero attached hydrogens (tertiary/aromatic N) is 2. The molecule has 0 aliphatic carbocycles. The van der Waals surface area contributed by atoms with Gasteiger partial charge in [0.25, 0.3) is 0 Å². The standard InChI is InChI=1S/C19H24N2O5/c22-18(21-7-1-2-8-21)13-5-9-20(10-6-13)17(19(23)24)14-3-4-15-16(11-14)26-12-25-15/h3-4,11,13,17H,1-2,5-10,12H2,(H,23,24)/t17-/m0/s1. The molecular formula is C19H24N2O5. The Kier molecular flexibility index (Phi) is 4.72. The molecule has 2 fully saturated rings. The minimum Gasteiger partial charge on any atom is -0.480 e. The van der Waals surface area contributed by atoms with Gasteiger partial charge in [-0.2, -0.15) is 0 Å². The number of aliphatic carboxylic acids is 1. The third kappa shape index (κ3) is 3.23. The monoisotopic (exact) mass is 360 g/mol. The summed E-state index contributed by atoms with van der Waals surface area (Å²) in [6.07, 6.45) is 3.61. The van der Waals surface area contributed by atoms with E-state index in [1.54, 1.807) is 18.2 Å². The number of carbonyl (C=O) groups is 2. The number of carboxylic acids is 1. The number of piperidine rings is 1. The fourth-order valence-corrected chi connectivity index (χ4v) is 4.19. The van der Waals surface area contributed by atoms with Crippen molar-refractivity contribution in [3.05, 3.63) is 23.8 Å². The Morgan fingerprint density at radius 2 is 1.73 bits per heavy atom. The van der Waals surface area contributed by atoms with E-state index in [0.717, 1.165) is 25.9 Å². The van der Waals surface area contributed by atoms with E-state index in [0.29, 0.717) is 43.0 Å². The molecule has 0 unspecified atom stereocenters. The van der Waals surface area contributed by atoms with Gasteiger partial charge in [-0.25, -0.2) is 0 Å². The van der Waals surface area contributed by atoms with Gasteiger partial charge in [0.05, 0.1) is 0 Å². The Morgan fingerprint density at radius 3 is 2.42 bits per heavy atom. The fraction of sp³-hybridized carbons (Fsp3) is 0.579. The molecule has 7 heteroatoms. The van der Waals surface area contributed by atoms with Crippen molar-refractivity contribution >= 4 is 11.9 Å². The van der Waals surface area contributed by atoms with Gasteiger partial charge < -0.3 is 19.5 Å². The Morgan fingerprint density at radius 1 is 1.04 bits per heavy atom. The van der Waals surface area contributed by atoms with E-state index in [9.17, 15) is 14.7 Å². The number of benzene rings is 1.